The highest BCUT2D eigenvalue weighted by molar-refractivity contribution is 7.09. The zero-order chi connectivity index (χ0) is 14.5. The second-order valence-corrected chi connectivity index (χ2v) is 5.92. The number of nitrogens with one attached hydrogen (secondary N) is 1. The SMILES string of the molecule is COCC(C)n1cc(C)nc1NCCc1nc(C)cs1. The van der Waals surface area contributed by atoms with Gasteiger partial charge < -0.3 is 14.6 Å². The van der Waals surface area contributed by atoms with Crippen molar-refractivity contribution in [2.45, 2.75) is 33.2 Å². The Hall–Kier alpha value is -1.40. The van der Waals surface area contributed by atoms with Crippen LogP contribution < -0.4 is 5.32 Å². The third-order valence-electron chi connectivity index (χ3n) is 3.02. The second kappa shape index (κ2) is 6.85. The number of hydrogen-bond donors (Lipinski definition) is 1. The summed E-state index contributed by atoms with van der Waals surface area (Å²) < 4.78 is 7.34. The molecule has 0 saturated carbocycles. The minimum Gasteiger partial charge on any atom is -0.383 e. The Morgan fingerprint density at radius 2 is 2.15 bits per heavy atom. The number of anilines is 1. The van der Waals surface area contributed by atoms with E-state index >= 15 is 0 Å². The lowest BCUT2D eigenvalue weighted by molar-refractivity contribution is 0.163. The molecular formula is C14H22N4OS. The van der Waals surface area contributed by atoms with Crippen molar-refractivity contribution in [2.24, 2.45) is 0 Å². The third-order valence-corrected chi connectivity index (χ3v) is 4.05. The van der Waals surface area contributed by atoms with Crippen LogP contribution in [-0.4, -0.2) is 34.8 Å². The van der Waals surface area contributed by atoms with Gasteiger partial charge in [0.1, 0.15) is 0 Å². The van der Waals surface area contributed by atoms with Gasteiger partial charge in [-0.15, -0.1) is 11.3 Å². The predicted molar refractivity (Wildman–Crippen MR) is 82.6 cm³/mol. The molecule has 0 amide bonds. The molecule has 2 aromatic heterocycles. The summed E-state index contributed by atoms with van der Waals surface area (Å²) in [4.78, 5) is 8.99. The maximum atomic E-state index is 5.21. The lowest BCUT2D eigenvalue weighted by Crippen LogP contribution is -2.15. The van der Waals surface area contributed by atoms with Crippen molar-refractivity contribution in [2.75, 3.05) is 25.6 Å². The zero-order valence-electron chi connectivity index (χ0n) is 12.5. The van der Waals surface area contributed by atoms with Crippen LogP contribution in [0.1, 0.15) is 29.4 Å². The maximum Gasteiger partial charge on any atom is 0.203 e. The molecule has 20 heavy (non-hydrogen) atoms. The number of hydrogen-bond acceptors (Lipinski definition) is 5. The van der Waals surface area contributed by atoms with Crippen LogP contribution in [0.25, 0.3) is 0 Å². The number of methoxy groups -OCH3 is 1. The number of thiazole rings is 1. The van der Waals surface area contributed by atoms with Crippen LogP contribution >= 0.6 is 11.3 Å². The average molecular weight is 294 g/mol. The van der Waals surface area contributed by atoms with Gasteiger partial charge in [-0.3, -0.25) is 0 Å². The molecule has 5 nitrogen and oxygen atoms in total. The molecule has 0 aliphatic heterocycles. The first-order valence-electron chi connectivity index (χ1n) is 6.79. The molecule has 0 aliphatic carbocycles. The van der Waals surface area contributed by atoms with Gasteiger partial charge in [-0.2, -0.15) is 0 Å². The van der Waals surface area contributed by atoms with Crippen molar-refractivity contribution in [3.8, 4) is 0 Å². The fourth-order valence-electron chi connectivity index (χ4n) is 2.10. The van der Waals surface area contributed by atoms with Gasteiger partial charge in [-0.05, 0) is 20.8 Å². The second-order valence-electron chi connectivity index (χ2n) is 4.98. The Kier molecular flexibility index (Phi) is 5.14. The van der Waals surface area contributed by atoms with E-state index in [9.17, 15) is 0 Å². The average Bonchev–Trinajstić information content (AvgIpc) is 2.96. The molecule has 110 valence electrons. The molecule has 1 atom stereocenters. The van der Waals surface area contributed by atoms with Gasteiger partial charge in [0, 0.05) is 37.3 Å². The Morgan fingerprint density at radius 1 is 1.35 bits per heavy atom. The number of aromatic nitrogens is 3. The Morgan fingerprint density at radius 3 is 2.80 bits per heavy atom. The summed E-state index contributed by atoms with van der Waals surface area (Å²) in [6.07, 6.45) is 2.97. The summed E-state index contributed by atoms with van der Waals surface area (Å²) in [5, 5.41) is 6.64. The predicted octanol–water partition coefficient (Wildman–Crippen LogP) is 2.82. The first-order chi connectivity index (χ1) is 9.60. The fourth-order valence-corrected chi connectivity index (χ4v) is 2.88. The van der Waals surface area contributed by atoms with Crippen LogP contribution in [-0.2, 0) is 11.2 Å². The van der Waals surface area contributed by atoms with Crippen LogP contribution in [0.4, 0.5) is 5.95 Å². The first-order valence-corrected chi connectivity index (χ1v) is 7.67. The summed E-state index contributed by atoms with van der Waals surface area (Å²) in [6.45, 7) is 7.67. The molecule has 1 unspecified atom stereocenters. The quantitative estimate of drug-likeness (QED) is 0.853. The first kappa shape index (κ1) is 15.0. The highest BCUT2D eigenvalue weighted by Crippen LogP contribution is 2.16. The normalized spacial score (nSPS) is 12.6. The van der Waals surface area contributed by atoms with Crippen molar-refractivity contribution in [1.82, 2.24) is 14.5 Å². The van der Waals surface area contributed by atoms with E-state index in [0.29, 0.717) is 6.61 Å². The van der Waals surface area contributed by atoms with Crippen molar-refractivity contribution in [3.63, 3.8) is 0 Å². The van der Waals surface area contributed by atoms with E-state index in [-0.39, 0.29) is 6.04 Å². The van der Waals surface area contributed by atoms with Gasteiger partial charge in [0.2, 0.25) is 5.95 Å². The number of imidazole rings is 1. The topological polar surface area (TPSA) is 52.0 Å². The Labute approximate surface area is 124 Å². The maximum absolute atomic E-state index is 5.21. The van der Waals surface area contributed by atoms with Gasteiger partial charge in [-0.25, -0.2) is 9.97 Å². The number of ether oxygens (including phenoxy) is 1. The smallest absolute Gasteiger partial charge is 0.203 e. The van der Waals surface area contributed by atoms with Crippen LogP contribution in [0.15, 0.2) is 11.6 Å². The highest BCUT2D eigenvalue weighted by Gasteiger charge is 2.11. The van der Waals surface area contributed by atoms with Crippen LogP contribution in [0.3, 0.4) is 0 Å². The summed E-state index contributed by atoms with van der Waals surface area (Å²) in [5.74, 6) is 0.903. The van der Waals surface area contributed by atoms with Gasteiger partial charge in [0.15, 0.2) is 0 Å². The minimum absolute atomic E-state index is 0.269. The summed E-state index contributed by atoms with van der Waals surface area (Å²) in [6, 6.07) is 0.269. The van der Waals surface area contributed by atoms with E-state index in [0.717, 1.165) is 35.3 Å². The summed E-state index contributed by atoms with van der Waals surface area (Å²) in [7, 11) is 1.72. The molecule has 2 aromatic rings. The number of aryl methyl sites for hydroxylation is 2. The van der Waals surface area contributed by atoms with E-state index in [1.54, 1.807) is 18.4 Å². The molecule has 1 N–H and O–H groups in total. The van der Waals surface area contributed by atoms with E-state index in [1.807, 2.05) is 13.8 Å². The van der Waals surface area contributed by atoms with Crippen molar-refractivity contribution in [3.05, 3.63) is 28.0 Å². The molecular weight excluding hydrogens is 272 g/mol. The van der Waals surface area contributed by atoms with E-state index in [4.69, 9.17) is 4.74 Å². The molecule has 0 radical (unpaired) electrons. The minimum atomic E-state index is 0.269. The molecule has 0 bridgehead atoms. The van der Waals surface area contributed by atoms with Gasteiger partial charge in [-0.1, -0.05) is 0 Å². The van der Waals surface area contributed by atoms with Crippen molar-refractivity contribution >= 4 is 17.3 Å². The van der Waals surface area contributed by atoms with Gasteiger partial charge >= 0.3 is 0 Å². The lowest BCUT2D eigenvalue weighted by Gasteiger charge is -2.15. The van der Waals surface area contributed by atoms with Crippen LogP contribution in [0, 0.1) is 13.8 Å². The number of rotatable bonds is 7. The molecule has 0 spiro atoms. The van der Waals surface area contributed by atoms with Crippen LogP contribution in [0.2, 0.25) is 0 Å². The fraction of sp³-hybridized carbons (Fsp3) is 0.571. The van der Waals surface area contributed by atoms with Gasteiger partial charge in [0.05, 0.1) is 23.4 Å². The third kappa shape index (κ3) is 3.80. The monoisotopic (exact) mass is 294 g/mol. The molecule has 0 fully saturated rings. The molecule has 2 rings (SSSR count). The number of nitrogens with zero attached hydrogens (tertiary/aromatic N) is 3. The zero-order valence-corrected chi connectivity index (χ0v) is 13.3. The van der Waals surface area contributed by atoms with Crippen molar-refractivity contribution < 1.29 is 4.74 Å². The van der Waals surface area contributed by atoms with Gasteiger partial charge in [0.25, 0.3) is 0 Å². The Bertz CT molecular complexity index is 549. The molecule has 2 heterocycles. The molecule has 0 saturated heterocycles. The summed E-state index contributed by atoms with van der Waals surface area (Å²) in [5.41, 5.74) is 2.11. The molecule has 6 heteroatoms. The standard InChI is InChI=1S/C14H22N4OS/c1-10-7-18(12(3)8-19-4)14(17-10)15-6-5-13-16-11(2)9-20-13/h7,9,12H,5-6,8H2,1-4H3,(H,15,17). The molecule has 0 aromatic carbocycles. The largest absolute Gasteiger partial charge is 0.383 e. The summed E-state index contributed by atoms with van der Waals surface area (Å²) >= 11 is 1.71. The van der Waals surface area contributed by atoms with E-state index < -0.39 is 0 Å². The Balaban J connectivity index is 1.95. The van der Waals surface area contributed by atoms with Crippen LogP contribution in [0.5, 0.6) is 0 Å². The highest BCUT2D eigenvalue weighted by atomic mass is 32.1. The lowest BCUT2D eigenvalue weighted by atomic mass is 10.3. The van der Waals surface area contributed by atoms with Crippen molar-refractivity contribution in [1.29, 1.82) is 0 Å². The van der Waals surface area contributed by atoms with E-state index in [2.05, 4.69) is 38.4 Å². The molecule has 0 aliphatic rings. The van der Waals surface area contributed by atoms with E-state index in [1.165, 1.54) is 0 Å².